The molecule has 0 atom stereocenters. The van der Waals surface area contributed by atoms with Crippen molar-refractivity contribution >= 4 is 17.7 Å². The van der Waals surface area contributed by atoms with Crippen LogP contribution in [-0.4, -0.2) is 33.5 Å². The van der Waals surface area contributed by atoms with Crippen molar-refractivity contribution in [3.05, 3.63) is 29.8 Å². The molecule has 3 aromatic rings. The molecule has 118 valence electrons. The second kappa shape index (κ2) is 6.13. The summed E-state index contributed by atoms with van der Waals surface area (Å²) in [6, 6.07) is 7.09. The van der Waals surface area contributed by atoms with E-state index in [0.717, 1.165) is 5.56 Å². The zero-order chi connectivity index (χ0) is 16.2. The van der Waals surface area contributed by atoms with Crippen molar-refractivity contribution in [1.82, 2.24) is 20.5 Å². The summed E-state index contributed by atoms with van der Waals surface area (Å²) in [6.07, 6.45) is 0.128. The van der Waals surface area contributed by atoms with Gasteiger partial charge >= 0.3 is 6.01 Å². The number of carbonyl (C=O) groups excluding carboxylic acids is 1. The summed E-state index contributed by atoms with van der Waals surface area (Å²) in [4.78, 5) is 12.0. The summed E-state index contributed by atoms with van der Waals surface area (Å²) in [5, 5.41) is 16.8. The van der Waals surface area contributed by atoms with E-state index in [1.807, 2.05) is 6.07 Å². The van der Waals surface area contributed by atoms with Gasteiger partial charge in [0.15, 0.2) is 0 Å². The Hall–Kier alpha value is -3.43. The third-order valence-corrected chi connectivity index (χ3v) is 2.89. The Bertz CT molecular complexity index is 827. The molecule has 2 aromatic heterocycles. The predicted molar refractivity (Wildman–Crippen MR) is 77.3 cm³/mol. The van der Waals surface area contributed by atoms with Crippen molar-refractivity contribution in [3.63, 3.8) is 0 Å². The molecule has 2 heterocycles. The van der Waals surface area contributed by atoms with E-state index in [2.05, 4.69) is 30.5 Å². The SMILES string of the molecule is COc1cccc(CC(=O)Nc2nnc(-c3nonc3N)o2)c1. The van der Waals surface area contributed by atoms with E-state index in [4.69, 9.17) is 14.9 Å². The summed E-state index contributed by atoms with van der Waals surface area (Å²) >= 11 is 0. The summed E-state index contributed by atoms with van der Waals surface area (Å²) in [5.41, 5.74) is 6.42. The Kier molecular flexibility index (Phi) is 3.87. The second-order valence-corrected chi connectivity index (χ2v) is 4.49. The minimum Gasteiger partial charge on any atom is -0.497 e. The molecule has 1 amide bonds. The molecule has 0 bridgehead atoms. The first kappa shape index (κ1) is 14.5. The molecule has 0 aliphatic rings. The van der Waals surface area contributed by atoms with Gasteiger partial charge in [-0.25, -0.2) is 4.63 Å². The fraction of sp³-hybridized carbons (Fsp3) is 0.154. The third-order valence-electron chi connectivity index (χ3n) is 2.89. The number of benzene rings is 1. The van der Waals surface area contributed by atoms with Crippen molar-refractivity contribution in [3.8, 4) is 17.3 Å². The summed E-state index contributed by atoms with van der Waals surface area (Å²) < 4.78 is 14.8. The van der Waals surface area contributed by atoms with Gasteiger partial charge in [-0.1, -0.05) is 17.2 Å². The minimum atomic E-state index is -0.320. The average Bonchev–Trinajstić information content (AvgIpc) is 3.16. The number of ether oxygens (including phenoxy) is 1. The molecule has 0 radical (unpaired) electrons. The van der Waals surface area contributed by atoms with Crippen molar-refractivity contribution in [1.29, 1.82) is 0 Å². The van der Waals surface area contributed by atoms with Crippen molar-refractivity contribution < 1.29 is 18.6 Å². The molecular weight excluding hydrogens is 304 g/mol. The van der Waals surface area contributed by atoms with E-state index in [9.17, 15) is 4.79 Å². The van der Waals surface area contributed by atoms with Crippen LogP contribution in [0.5, 0.6) is 5.75 Å². The second-order valence-electron chi connectivity index (χ2n) is 4.49. The molecule has 10 nitrogen and oxygen atoms in total. The minimum absolute atomic E-state index is 0.000398. The maximum absolute atomic E-state index is 12.0. The number of nitrogens with zero attached hydrogens (tertiary/aromatic N) is 4. The van der Waals surface area contributed by atoms with Gasteiger partial charge < -0.3 is 14.9 Å². The molecule has 0 saturated heterocycles. The summed E-state index contributed by atoms with van der Waals surface area (Å²) in [5.74, 6) is 0.368. The molecule has 3 rings (SSSR count). The van der Waals surface area contributed by atoms with Gasteiger partial charge in [-0.3, -0.25) is 10.1 Å². The van der Waals surface area contributed by atoms with Crippen LogP contribution in [0.3, 0.4) is 0 Å². The Morgan fingerprint density at radius 1 is 1.35 bits per heavy atom. The molecule has 0 aliphatic carbocycles. The topological polar surface area (TPSA) is 142 Å². The first-order valence-electron chi connectivity index (χ1n) is 6.50. The van der Waals surface area contributed by atoms with Gasteiger partial charge in [0, 0.05) is 0 Å². The number of anilines is 2. The van der Waals surface area contributed by atoms with Crippen molar-refractivity contribution in [2.45, 2.75) is 6.42 Å². The lowest BCUT2D eigenvalue weighted by Crippen LogP contribution is -2.14. The van der Waals surface area contributed by atoms with E-state index in [1.54, 1.807) is 25.3 Å². The van der Waals surface area contributed by atoms with Crippen LogP contribution in [0.1, 0.15) is 5.56 Å². The van der Waals surface area contributed by atoms with Gasteiger partial charge in [-0.2, -0.15) is 0 Å². The summed E-state index contributed by atoms with van der Waals surface area (Å²) in [7, 11) is 1.56. The largest absolute Gasteiger partial charge is 0.497 e. The van der Waals surface area contributed by atoms with Crippen LogP contribution in [0, 0.1) is 0 Å². The highest BCUT2D eigenvalue weighted by Crippen LogP contribution is 2.22. The zero-order valence-electron chi connectivity index (χ0n) is 12.0. The lowest BCUT2D eigenvalue weighted by molar-refractivity contribution is -0.115. The van der Waals surface area contributed by atoms with Gasteiger partial charge in [0.05, 0.1) is 13.5 Å². The predicted octanol–water partition coefficient (Wildman–Crippen LogP) is 0.892. The van der Waals surface area contributed by atoms with Crippen LogP contribution in [0.4, 0.5) is 11.8 Å². The van der Waals surface area contributed by atoms with Crippen LogP contribution < -0.4 is 15.8 Å². The molecule has 0 aliphatic heterocycles. The van der Waals surface area contributed by atoms with Crippen LogP contribution in [0.15, 0.2) is 33.3 Å². The van der Waals surface area contributed by atoms with Crippen LogP contribution in [0.2, 0.25) is 0 Å². The molecule has 1 aromatic carbocycles. The molecular formula is C13H12N6O4. The Morgan fingerprint density at radius 2 is 2.22 bits per heavy atom. The number of methoxy groups -OCH3 is 1. The van der Waals surface area contributed by atoms with Gasteiger partial charge in [-0.05, 0) is 28.0 Å². The van der Waals surface area contributed by atoms with E-state index in [0.29, 0.717) is 5.75 Å². The Labute approximate surface area is 129 Å². The zero-order valence-corrected chi connectivity index (χ0v) is 12.0. The number of nitrogens with two attached hydrogens (primary N) is 1. The number of amides is 1. The normalized spacial score (nSPS) is 10.5. The number of carbonyl (C=O) groups is 1. The smallest absolute Gasteiger partial charge is 0.322 e. The monoisotopic (exact) mass is 316 g/mol. The Morgan fingerprint density at radius 3 is 2.96 bits per heavy atom. The number of hydrogen-bond donors (Lipinski definition) is 2. The molecule has 0 saturated carbocycles. The lowest BCUT2D eigenvalue weighted by Gasteiger charge is -2.03. The van der Waals surface area contributed by atoms with Crippen LogP contribution >= 0.6 is 0 Å². The number of hydrogen-bond acceptors (Lipinski definition) is 9. The first-order valence-corrected chi connectivity index (χ1v) is 6.50. The van der Waals surface area contributed by atoms with E-state index < -0.39 is 0 Å². The molecule has 10 heteroatoms. The van der Waals surface area contributed by atoms with Gasteiger partial charge in [0.1, 0.15) is 5.75 Å². The van der Waals surface area contributed by atoms with E-state index >= 15 is 0 Å². The maximum Gasteiger partial charge on any atom is 0.322 e. The number of nitrogen functional groups attached to an aromatic ring is 1. The molecule has 0 unspecified atom stereocenters. The fourth-order valence-corrected chi connectivity index (χ4v) is 1.84. The van der Waals surface area contributed by atoms with Crippen LogP contribution in [-0.2, 0) is 11.2 Å². The fourth-order valence-electron chi connectivity index (χ4n) is 1.84. The van der Waals surface area contributed by atoms with E-state index in [-0.39, 0.29) is 35.7 Å². The van der Waals surface area contributed by atoms with Crippen molar-refractivity contribution in [2.75, 3.05) is 18.2 Å². The highest BCUT2D eigenvalue weighted by Gasteiger charge is 2.18. The average molecular weight is 316 g/mol. The molecule has 23 heavy (non-hydrogen) atoms. The van der Waals surface area contributed by atoms with Crippen molar-refractivity contribution in [2.24, 2.45) is 0 Å². The highest BCUT2D eigenvalue weighted by molar-refractivity contribution is 5.90. The standard InChI is InChI=1S/C13H12N6O4/c1-21-8-4-2-3-7(5-8)6-9(20)15-13-17-16-12(22-13)10-11(14)19-23-18-10/h2-5H,6H2,1H3,(H2,14,19)(H,15,17,20). The number of nitrogens with one attached hydrogen (secondary N) is 1. The highest BCUT2D eigenvalue weighted by atomic mass is 16.6. The van der Waals surface area contributed by atoms with Gasteiger partial charge in [-0.15, -0.1) is 5.10 Å². The lowest BCUT2D eigenvalue weighted by atomic mass is 10.1. The third kappa shape index (κ3) is 3.26. The summed E-state index contributed by atoms with van der Waals surface area (Å²) in [6.45, 7) is 0. The quantitative estimate of drug-likeness (QED) is 0.701. The first-order chi connectivity index (χ1) is 11.2. The molecule has 0 fully saturated rings. The molecule has 3 N–H and O–H groups in total. The number of rotatable bonds is 5. The Balaban J connectivity index is 1.66. The number of aromatic nitrogens is 4. The van der Waals surface area contributed by atoms with Gasteiger partial charge in [0.25, 0.3) is 5.89 Å². The maximum atomic E-state index is 12.0. The van der Waals surface area contributed by atoms with Crippen LogP contribution in [0.25, 0.3) is 11.6 Å². The van der Waals surface area contributed by atoms with Gasteiger partial charge in [0.2, 0.25) is 17.4 Å². The molecule has 0 spiro atoms. The van der Waals surface area contributed by atoms with E-state index in [1.165, 1.54) is 0 Å².